The van der Waals surface area contributed by atoms with Crippen LogP contribution in [0.1, 0.15) is 35.8 Å². The number of aromatic nitrogens is 4. The van der Waals surface area contributed by atoms with Gasteiger partial charge < -0.3 is 4.57 Å². The number of aryl methyl sites for hydroxylation is 1. The van der Waals surface area contributed by atoms with Crippen molar-refractivity contribution >= 4 is 34.3 Å². The zero-order valence-corrected chi connectivity index (χ0v) is 16.9. The van der Waals surface area contributed by atoms with Gasteiger partial charge in [-0.15, -0.1) is 39.4 Å². The van der Waals surface area contributed by atoms with Gasteiger partial charge in [0.15, 0.2) is 5.82 Å². The van der Waals surface area contributed by atoms with Crippen LogP contribution in [0.4, 0.5) is 0 Å². The largest absolute Gasteiger partial charge is 0.310 e. The summed E-state index contributed by atoms with van der Waals surface area (Å²) < 4.78 is 4.85. The molecule has 8 heteroatoms. The minimum atomic E-state index is -0.114. The molecule has 0 spiro atoms. The molecule has 1 aliphatic heterocycles. The van der Waals surface area contributed by atoms with Crippen molar-refractivity contribution in [3.05, 3.63) is 66.2 Å². The number of allylic oxidation sites excluding steroid dienone is 1. The summed E-state index contributed by atoms with van der Waals surface area (Å²) in [6.07, 6.45) is 7.68. The van der Waals surface area contributed by atoms with Gasteiger partial charge in [-0.25, -0.2) is 0 Å². The van der Waals surface area contributed by atoms with E-state index in [4.69, 9.17) is 0 Å². The Kier molecular flexibility index (Phi) is 5.37. The lowest BCUT2D eigenvalue weighted by molar-refractivity contribution is 0.626. The van der Waals surface area contributed by atoms with Gasteiger partial charge >= 0.3 is 0 Å². The zero-order chi connectivity index (χ0) is 19.5. The Labute approximate surface area is 170 Å². The van der Waals surface area contributed by atoms with Crippen LogP contribution < -0.4 is 14.8 Å². The summed E-state index contributed by atoms with van der Waals surface area (Å²) in [5.41, 5.74) is 0.284. The van der Waals surface area contributed by atoms with Gasteiger partial charge in [-0.2, -0.15) is 5.26 Å². The summed E-state index contributed by atoms with van der Waals surface area (Å²) in [6.45, 7) is 4.91. The minimum absolute atomic E-state index is 0.114. The van der Waals surface area contributed by atoms with Gasteiger partial charge in [-0.3, -0.25) is 9.36 Å². The van der Waals surface area contributed by atoms with Crippen LogP contribution in [-0.2, 0) is 19.5 Å². The molecule has 0 bridgehead atoms. The molecule has 0 aliphatic carbocycles. The van der Waals surface area contributed by atoms with Gasteiger partial charge in [0.25, 0.3) is 5.56 Å². The van der Waals surface area contributed by atoms with E-state index in [0.717, 1.165) is 42.9 Å². The van der Waals surface area contributed by atoms with E-state index in [1.807, 2.05) is 28.2 Å². The zero-order valence-electron chi connectivity index (χ0n) is 15.3. The number of hydrogen-bond donors (Lipinski definition) is 0. The maximum Gasteiger partial charge on any atom is 0.269 e. The first-order chi connectivity index (χ1) is 13.7. The van der Waals surface area contributed by atoms with Gasteiger partial charge in [-0.05, 0) is 30.4 Å². The Hall–Kier alpha value is -2.76. The highest BCUT2D eigenvalue weighted by Crippen LogP contribution is 2.18. The Balaban J connectivity index is 1.99. The molecule has 4 rings (SSSR count). The lowest BCUT2D eigenvalue weighted by Crippen LogP contribution is -2.32. The van der Waals surface area contributed by atoms with Crippen molar-refractivity contribution in [2.45, 2.75) is 38.8 Å². The summed E-state index contributed by atoms with van der Waals surface area (Å²) in [6, 6.07) is 6.20. The lowest BCUT2D eigenvalue weighted by atomic mass is 10.2. The average Bonchev–Trinajstić information content (AvgIpc) is 3.37. The summed E-state index contributed by atoms with van der Waals surface area (Å²) in [7, 11) is 0. The molecule has 3 aromatic heterocycles. The molecule has 0 aromatic carbocycles. The molecule has 142 valence electrons. The average molecular weight is 410 g/mol. The van der Waals surface area contributed by atoms with Crippen LogP contribution in [0, 0.1) is 11.3 Å². The normalized spacial score (nSPS) is 15.6. The highest BCUT2D eigenvalue weighted by Gasteiger charge is 2.20. The van der Waals surface area contributed by atoms with Crippen LogP contribution >= 0.6 is 22.7 Å². The van der Waals surface area contributed by atoms with Gasteiger partial charge in [0.05, 0.1) is 4.53 Å². The molecule has 0 unspecified atom stereocenters. The fourth-order valence-electron chi connectivity index (χ4n) is 3.37. The molecule has 1 aliphatic rings. The predicted molar refractivity (Wildman–Crippen MR) is 112 cm³/mol. The Morgan fingerprint density at radius 2 is 2.25 bits per heavy atom. The highest BCUT2D eigenvalue weighted by molar-refractivity contribution is 7.11. The van der Waals surface area contributed by atoms with Crippen LogP contribution in [0.2, 0.25) is 0 Å². The van der Waals surface area contributed by atoms with E-state index in [1.165, 1.54) is 11.3 Å². The van der Waals surface area contributed by atoms with E-state index in [-0.39, 0.29) is 5.56 Å². The molecule has 0 amide bonds. The molecule has 0 radical (unpaired) electrons. The van der Waals surface area contributed by atoms with Crippen molar-refractivity contribution in [1.29, 1.82) is 5.26 Å². The lowest BCUT2D eigenvalue weighted by Gasteiger charge is -2.06. The molecule has 0 N–H and O–H groups in total. The second-order valence-corrected chi connectivity index (χ2v) is 8.53. The third kappa shape index (κ3) is 3.39. The quantitative estimate of drug-likeness (QED) is 0.618. The second kappa shape index (κ2) is 8.09. The summed E-state index contributed by atoms with van der Waals surface area (Å²) >= 11 is 2.90. The van der Waals surface area contributed by atoms with Crippen LogP contribution in [-0.4, -0.2) is 19.3 Å². The van der Waals surface area contributed by atoms with Crippen LogP contribution in [0.5, 0.6) is 0 Å². The Morgan fingerprint density at radius 3 is 3.00 bits per heavy atom. The first-order valence-corrected chi connectivity index (χ1v) is 10.8. The molecule has 6 nitrogen and oxygen atoms in total. The van der Waals surface area contributed by atoms with Crippen molar-refractivity contribution in [2.75, 3.05) is 0 Å². The third-order valence-corrected chi connectivity index (χ3v) is 6.64. The molecule has 0 atom stereocenters. The van der Waals surface area contributed by atoms with Crippen molar-refractivity contribution < 1.29 is 0 Å². The topological polar surface area (TPSA) is 76.5 Å². The summed E-state index contributed by atoms with van der Waals surface area (Å²) in [4.78, 5) is 14.0. The second-order valence-electron chi connectivity index (χ2n) is 6.52. The van der Waals surface area contributed by atoms with Crippen molar-refractivity contribution in [3.8, 4) is 6.07 Å². The molecular weight excluding hydrogens is 390 g/mol. The van der Waals surface area contributed by atoms with Crippen LogP contribution in [0.15, 0.2) is 35.0 Å². The van der Waals surface area contributed by atoms with Crippen molar-refractivity contribution in [3.63, 3.8) is 0 Å². The van der Waals surface area contributed by atoms with E-state index < -0.39 is 0 Å². The maximum atomic E-state index is 13.0. The molecule has 0 fully saturated rings. The number of thiazole rings is 1. The third-order valence-electron chi connectivity index (χ3n) is 4.69. The van der Waals surface area contributed by atoms with E-state index in [0.29, 0.717) is 27.1 Å². The Bertz CT molecular complexity index is 1220. The predicted octanol–water partition coefficient (Wildman–Crippen LogP) is 2.03. The van der Waals surface area contributed by atoms with E-state index in [2.05, 4.69) is 22.8 Å². The van der Waals surface area contributed by atoms with Gasteiger partial charge in [0, 0.05) is 24.4 Å². The molecule has 3 aromatic rings. The van der Waals surface area contributed by atoms with Crippen molar-refractivity contribution in [1.82, 2.24) is 19.3 Å². The maximum absolute atomic E-state index is 13.0. The van der Waals surface area contributed by atoms with Crippen LogP contribution in [0.25, 0.3) is 11.6 Å². The SMILES string of the molecule is C=CCn1c(=O)/c(=C\c2cccs2)s/c1=C(/C#N)c1nnc2n1CCCCC2. The fraction of sp³-hybridized carbons (Fsp3) is 0.300. The van der Waals surface area contributed by atoms with Gasteiger partial charge in [0.2, 0.25) is 0 Å². The first-order valence-electron chi connectivity index (χ1n) is 9.15. The minimum Gasteiger partial charge on any atom is -0.310 e. The molecule has 0 saturated heterocycles. The molecule has 4 heterocycles. The molecule has 28 heavy (non-hydrogen) atoms. The number of rotatable bonds is 4. The smallest absolute Gasteiger partial charge is 0.269 e. The standard InChI is InChI=1S/C20H19N5OS2/c1-2-9-25-19(26)16(12-14-7-6-11-27-14)28-20(25)15(13-21)18-23-22-17-8-4-3-5-10-24(17)18/h2,6-7,11-12H,1,3-5,8-10H2/b16-12+,20-15-. The van der Waals surface area contributed by atoms with E-state index in [9.17, 15) is 10.1 Å². The Morgan fingerprint density at radius 1 is 1.36 bits per heavy atom. The molecular formula is C20H19N5OS2. The first kappa shape index (κ1) is 18.6. The van der Waals surface area contributed by atoms with Crippen LogP contribution in [0.3, 0.4) is 0 Å². The number of fused-ring (bicyclic) bond motifs is 1. The van der Waals surface area contributed by atoms with E-state index >= 15 is 0 Å². The van der Waals surface area contributed by atoms with E-state index in [1.54, 1.807) is 22.0 Å². The number of thiophene rings is 1. The highest BCUT2D eigenvalue weighted by atomic mass is 32.1. The molecule has 0 saturated carbocycles. The summed E-state index contributed by atoms with van der Waals surface area (Å²) in [5.74, 6) is 1.47. The van der Waals surface area contributed by atoms with Crippen molar-refractivity contribution in [2.24, 2.45) is 0 Å². The summed E-state index contributed by atoms with van der Waals surface area (Å²) in [5, 5.41) is 20.6. The van der Waals surface area contributed by atoms with Gasteiger partial charge in [0.1, 0.15) is 22.1 Å². The number of nitrogens with zero attached hydrogens (tertiary/aromatic N) is 5. The fourth-order valence-corrected chi connectivity index (χ4v) is 5.20. The number of nitriles is 1. The number of hydrogen-bond acceptors (Lipinski definition) is 6. The van der Waals surface area contributed by atoms with Gasteiger partial charge in [-0.1, -0.05) is 18.6 Å². The monoisotopic (exact) mass is 409 g/mol.